The van der Waals surface area contributed by atoms with E-state index in [4.69, 9.17) is 0 Å². The number of hydrogen-bond donors (Lipinski definition) is 1. The summed E-state index contributed by atoms with van der Waals surface area (Å²) < 4.78 is 16.6. The summed E-state index contributed by atoms with van der Waals surface area (Å²) in [7, 11) is 1.71. The van der Waals surface area contributed by atoms with Crippen molar-refractivity contribution in [2.24, 2.45) is 7.05 Å². The van der Waals surface area contributed by atoms with Crippen LogP contribution >= 0.6 is 11.3 Å². The highest BCUT2D eigenvalue weighted by molar-refractivity contribution is 7.22. The Morgan fingerprint density at radius 1 is 1.20 bits per heavy atom. The van der Waals surface area contributed by atoms with E-state index in [0.717, 1.165) is 15.9 Å². The van der Waals surface area contributed by atoms with Crippen molar-refractivity contribution in [1.29, 1.82) is 5.26 Å². The van der Waals surface area contributed by atoms with Gasteiger partial charge >= 0.3 is 5.69 Å². The van der Waals surface area contributed by atoms with Gasteiger partial charge in [-0.2, -0.15) is 10.4 Å². The van der Waals surface area contributed by atoms with Gasteiger partial charge in [-0.1, -0.05) is 0 Å². The summed E-state index contributed by atoms with van der Waals surface area (Å²) in [5, 5.41) is 14.2. The maximum absolute atomic E-state index is 13.8. The first kappa shape index (κ1) is 18.0. The van der Waals surface area contributed by atoms with Crippen LogP contribution in [0.25, 0.3) is 37.2 Å². The van der Waals surface area contributed by atoms with Gasteiger partial charge in [0, 0.05) is 29.1 Å². The van der Waals surface area contributed by atoms with Crippen LogP contribution in [0.3, 0.4) is 0 Å². The van der Waals surface area contributed by atoms with Gasteiger partial charge in [0.2, 0.25) is 0 Å². The number of thiophene rings is 1. The predicted octanol–water partition coefficient (Wildman–Crippen LogP) is 2.70. The minimum Gasteiger partial charge on any atom is -0.306 e. The normalized spacial score (nSPS) is 11.2. The van der Waals surface area contributed by atoms with Crippen molar-refractivity contribution in [3.8, 4) is 22.2 Å². The van der Waals surface area contributed by atoms with Crippen molar-refractivity contribution >= 4 is 32.5 Å². The lowest BCUT2D eigenvalue weighted by Crippen LogP contribution is -2.33. The summed E-state index contributed by atoms with van der Waals surface area (Å²) in [6.45, 7) is 0. The molecule has 0 aliphatic heterocycles. The molecule has 4 aromatic heterocycles. The van der Waals surface area contributed by atoms with E-state index >= 15 is 0 Å². The first-order chi connectivity index (χ1) is 14.5. The number of nitriles is 1. The summed E-state index contributed by atoms with van der Waals surface area (Å²) in [4.78, 5) is 33.4. The number of nitrogens with zero attached hydrogens (tertiary/aromatic N) is 5. The molecule has 0 fully saturated rings. The molecule has 1 N–H and O–H groups in total. The molecule has 0 amide bonds. The number of aryl methyl sites for hydroxylation is 1. The molecule has 0 atom stereocenters. The van der Waals surface area contributed by atoms with E-state index in [2.05, 4.69) is 15.1 Å². The standard InChI is InChI=1S/C20H11FN6O2S/c1-26-17-11(8-24-26)7-23-9-15(17)27-19(28)18-14(25-20(27)29)5-16(30-18)13-4-12(21)3-2-10(13)6-22/h2-5,7-9H,1H3,(H,25,29). The highest BCUT2D eigenvalue weighted by atomic mass is 32.1. The Morgan fingerprint density at radius 3 is 2.83 bits per heavy atom. The molecule has 0 saturated heterocycles. The zero-order valence-electron chi connectivity index (χ0n) is 15.4. The largest absolute Gasteiger partial charge is 0.333 e. The molecule has 0 aliphatic rings. The number of fused-ring (bicyclic) bond motifs is 2. The average molecular weight is 418 g/mol. The van der Waals surface area contributed by atoms with Gasteiger partial charge in [0.1, 0.15) is 10.5 Å². The number of halogens is 1. The Bertz CT molecular complexity index is 1640. The van der Waals surface area contributed by atoms with Gasteiger partial charge in [0.25, 0.3) is 5.56 Å². The topological polar surface area (TPSA) is 109 Å². The molecule has 4 heterocycles. The number of benzene rings is 1. The molecule has 146 valence electrons. The third-order valence-corrected chi connectivity index (χ3v) is 5.96. The number of rotatable bonds is 2. The minimum atomic E-state index is -0.632. The van der Waals surface area contributed by atoms with Crippen LogP contribution in [0.2, 0.25) is 0 Å². The smallest absolute Gasteiger partial charge is 0.306 e. The SMILES string of the molecule is Cn1ncc2cncc(-n3c(=O)[nH]c4cc(-c5cc(F)ccc5C#N)sc4c3=O)c21. The summed E-state index contributed by atoms with van der Waals surface area (Å²) in [6.07, 6.45) is 4.63. The van der Waals surface area contributed by atoms with E-state index in [-0.39, 0.29) is 10.3 Å². The number of aromatic amines is 1. The van der Waals surface area contributed by atoms with Crippen molar-refractivity contribution in [2.45, 2.75) is 0 Å². The molecule has 0 saturated carbocycles. The van der Waals surface area contributed by atoms with Crippen molar-refractivity contribution in [1.82, 2.24) is 24.3 Å². The van der Waals surface area contributed by atoms with Crippen LogP contribution in [-0.4, -0.2) is 24.3 Å². The molecule has 0 unspecified atom stereocenters. The average Bonchev–Trinajstić information content (AvgIpc) is 3.32. The zero-order valence-corrected chi connectivity index (χ0v) is 16.2. The van der Waals surface area contributed by atoms with E-state index in [1.165, 1.54) is 24.4 Å². The number of nitrogens with one attached hydrogen (secondary N) is 1. The second-order valence-electron chi connectivity index (χ2n) is 6.59. The molecule has 0 spiro atoms. The van der Waals surface area contributed by atoms with Crippen molar-refractivity contribution < 1.29 is 4.39 Å². The lowest BCUT2D eigenvalue weighted by atomic mass is 10.1. The number of hydrogen-bond acceptors (Lipinski definition) is 6. The molecular weight excluding hydrogens is 407 g/mol. The third kappa shape index (κ3) is 2.57. The number of pyridine rings is 1. The van der Waals surface area contributed by atoms with Crippen molar-refractivity contribution in [3.05, 3.63) is 75.1 Å². The first-order valence-electron chi connectivity index (χ1n) is 8.73. The Hall–Kier alpha value is -4.10. The lowest BCUT2D eigenvalue weighted by Gasteiger charge is -2.06. The Labute approximate surface area is 171 Å². The monoisotopic (exact) mass is 418 g/mol. The Kier molecular flexibility index (Phi) is 3.87. The van der Waals surface area contributed by atoms with Crippen molar-refractivity contribution in [3.63, 3.8) is 0 Å². The quantitative estimate of drug-likeness (QED) is 0.474. The maximum atomic E-state index is 13.8. The van der Waals surface area contributed by atoms with Gasteiger partial charge in [-0.15, -0.1) is 11.3 Å². The zero-order chi connectivity index (χ0) is 21.0. The minimum absolute atomic E-state index is 0.273. The number of aromatic nitrogens is 5. The molecule has 30 heavy (non-hydrogen) atoms. The van der Waals surface area contributed by atoms with Gasteiger partial charge < -0.3 is 4.98 Å². The second kappa shape index (κ2) is 6.47. The molecule has 1 aromatic carbocycles. The highest BCUT2D eigenvalue weighted by Gasteiger charge is 2.18. The molecule has 8 nitrogen and oxygen atoms in total. The molecule has 5 rings (SSSR count). The van der Waals surface area contributed by atoms with E-state index in [1.54, 1.807) is 30.2 Å². The Morgan fingerprint density at radius 2 is 2.03 bits per heavy atom. The fourth-order valence-corrected chi connectivity index (χ4v) is 4.53. The van der Waals surface area contributed by atoms with Gasteiger partial charge in [-0.25, -0.2) is 13.8 Å². The first-order valence-corrected chi connectivity index (χ1v) is 9.54. The van der Waals surface area contributed by atoms with Crippen LogP contribution in [0, 0.1) is 17.1 Å². The van der Waals surface area contributed by atoms with Gasteiger partial charge in [0.15, 0.2) is 0 Å². The van der Waals surface area contributed by atoms with Crippen molar-refractivity contribution in [2.75, 3.05) is 0 Å². The lowest BCUT2D eigenvalue weighted by molar-refractivity contribution is 0.628. The van der Waals surface area contributed by atoms with Gasteiger partial charge in [0.05, 0.1) is 40.7 Å². The molecule has 0 aliphatic carbocycles. The third-order valence-electron chi connectivity index (χ3n) is 4.80. The summed E-state index contributed by atoms with van der Waals surface area (Å²) in [6, 6.07) is 7.41. The van der Waals surface area contributed by atoms with Crippen LogP contribution in [0.4, 0.5) is 4.39 Å². The fourth-order valence-electron chi connectivity index (χ4n) is 3.45. The molecule has 0 bridgehead atoms. The van der Waals surface area contributed by atoms with Crippen LogP contribution < -0.4 is 11.2 Å². The van der Waals surface area contributed by atoms with Gasteiger partial charge in [-0.05, 0) is 24.3 Å². The number of H-pyrrole nitrogens is 1. The van der Waals surface area contributed by atoms with Crippen LogP contribution in [-0.2, 0) is 7.05 Å². The molecule has 10 heteroatoms. The summed E-state index contributed by atoms with van der Waals surface area (Å²) >= 11 is 1.08. The molecular formula is C20H11FN6O2S. The van der Waals surface area contributed by atoms with E-state index < -0.39 is 17.1 Å². The van der Waals surface area contributed by atoms with Crippen LogP contribution in [0.5, 0.6) is 0 Å². The van der Waals surface area contributed by atoms with E-state index in [1.807, 2.05) is 6.07 Å². The second-order valence-corrected chi connectivity index (χ2v) is 7.64. The van der Waals surface area contributed by atoms with Crippen LogP contribution in [0.1, 0.15) is 5.56 Å². The fraction of sp³-hybridized carbons (Fsp3) is 0.0500. The van der Waals surface area contributed by atoms with E-state index in [9.17, 15) is 19.2 Å². The molecule has 0 radical (unpaired) electrons. The summed E-state index contributed by atoms with van der Waals surface area (Å²) in [5.74, 6) is -0.499. The van der Waals surface area contributed by atoms with Gasteiger partial charge in [-0.3, -0.25) is 14.5 Å². The molecule has 5 aromatic rings. The summed E-state index contributed by atoms with van der Waals surface area (Å²) in [5.41, 5.74) is 0.683. The Balaban J connectivity index is 1.81. The van der Waals surface area contributed by atoms with Crippen LogP contribution in [0.15, 0.2) is 52.4 Å². The predicted molar refractivity (Wildman–Crippen MR) is 110 cm³/mol. The maximum Gasteiger partial charge on any atom is 0.333 e. The van der Waals surface area contributed by atoms with E-state index in [0.29, 0.717) is 32.5 Å². The highest BCUT2D eigenvalue weighted by Crippen LogP contribution is 2.33.